The summed E-state index contributed by atoms with van der Waals surface area (Å²) in [6, 6.07) is 14.4. The molecule has 4 aromatic rings. The number of carbonyl (C=O) groups excluding carboxylic acids is 9. The van der Waals surface area contributed by atoms with Crippen LogP contribution in [0.1, 0.15) is 226 Å². The summed E-state index contributed by atoms with van der Waals surface area (Å²) in [7, 11) is 10.7. The van der Waals surface area contributed by atoms with Crippen LogP contribution in [0.4, 0.5) is 16.2 Å². The molecule has 42 nitrogen and oxygen atoms in total. The van der Waals surface area contributed by atoms with Crippen molar-refractivity contribution in [2.24, 2.45) is 11.3 Å². The third-order valence-electron chi connectivity index (χ3n) is 27.7. The zero-order valence-corrected chi connectivity index (χ0v) is 88.9. The Morgan fingerprint density at radius 3 is 1.84 bits per heavy atom. The number of pyridine rings is 1. The lowest BCUT2D eigenvalue weighted by atomic mass is 9.47. The molecule has 12 N–H and O–H groups in total. The number of fused-ring (bicyclic) bond motifs is 6. The Balaban J connectivity index is 0.000000391. The number of nitrogens with zero attached hydrogens (tertiary/aromatic N) is 5. The number of nitro groups is 1. The lowest BCUT2D eigenvalue weighted by molar-refractivity contribution is -0.385. The summed E-state index contributed by atoms with van der Waals surface area (Å²) in [6.07, 6.45) is 7.31. The van der Waals surface area contributed by atoms with Crippen molar-refractivity contribution in [3.05, 3.63) is 105 Å². The van der Waals surface area contributed by atoms with Gasteiger partial charge in [0.1, 0.15) is 49.8 Å². The summed E-state index contributed by atoms with van der Waals surface area (Å²) in [5, 5.41) is 110. The number of esters is 3. The molecule has 3 fully saturated rings. The van der Waals surface area contributed by atoms with Gasteiger partial charge in [-0.1, -0.05) is 88.8 Å². The second-order valence-corrected chi connectivity index (χ2v) is 41.0. The average molecular weight is 2100 g/mol. The molecule has 5 aliphatic heterocycles. The maximum atomic E-state index is 15.2. The van der Waals surface area contributed by atoms with E-state index in [1.165, 1.54) is 80.6 Å². The molecule has 1 saturated carbocycles. The van der Waals surface area contributed by atoms with Crippen molar-refractivity contribution in [3.8, 4) is 0 Å². The van der Waals surface area contributed by atoms with Gasteiger partial charge in [-0.3, -0.25) is 48.7 Å². The van der Waals surface area contributed by atoms with Crippen LogP contribution in [0.15, 0.2) is 71.9 Å². The molecule has 7 heterocycles. The Morgan fingerprint density at radius 1 is 0.678 bits per heavy atom. The number of hydrogen-bond acceptors (Lipinski definition) is 39. The van der Waals surface area contributed by atoms with E-state index in [-0.39, 0.29) is 164 Å². The van der Waals surface area contributed by atoms with Crippen molar-refractivity contribution in [2.75, 3.05) is 146 Å². The molecular weight excluding hydrogens is 1950 g/mol. The minimum absolute atomic E-state index is 0.0128. The number of nitrogens with one attached hydrogen (secondary N) is 3. The number of aryl methyl sites for hydroxylation is 1. The fourth-order valence-electron chi connectivity index (χ4n) is 20.0. The minimum atomic E-state index is -2.17. The number of ketones is 1. The molecule has 6 aliphatic rings. The van der Waals surface area contributed by atoms with E-state index in [4.69, 9.17) is 96.7 Å². The van der Waals surface area contributed by atoms with E-state index in [9.17, 15) is 64.1 Å². The molecule has 2 aromatic carbocycles. The molecule has 44 heteroatoms. The maximum Gasteiger partial charge on any atom is 0.508 e. The predicted molar refractivity (Wildman–Crippen MR) is 538 cm³/mol. The van der Waals surface area contributed by atoms with Gasteiger partial charge in [-0.05, 0) is 195 Å². The molecule has 10 rings (SSSR count). The third kappa shape index (κ3) is 35.1. The molecule has 146 heavy (non-hydrogen) atoms. The van der Waals surface area contributed by atoms with Gasteiger partial charge >= 0.3 is 36.2 Å². The number of carbonyl (C=O) groups is 8. The van der Waals surface area contributed by atoms with E-state index < -0.39 is 130 Å². The van der Waals surface area contributed by atoms with Crippen LogP contribution < -0.4 is 15.5 Å². The zero-order valence-electron chi connectivity index (χ0n) is 87.3. The highest BCUT2D eigenvalue weighted by Gasteiger charge is 2.78. The van der Waals surface area contributed by atoms with Gasteiger partial charge in [0.15, 0.2) is 36.5 Å². The summed E-state index contributed by atoms with van der Waals surface area (Å²) in [6.45, 7) is 24.8. The number of aliphatic hydroxyl groups excluding tert-OH is 6. The number of rotatable bonds is 56. The number of methoxy groups -OCH3 is 4. The lowest BCUT2D eigenvalue weighted by Crippen LogP contribution is -2.80. The van der Waals surface area contributed by atoms with Crippen LogP contribution in [0.3, 0.4) is 0 Å². The van der Waals surface area contributed by atoms with Crippen molar-refractivity contribution in [1.82, 2.24) is 30.4 Å². The van der Waals surface area contributed by atoms with Crippen LogP contribution in [-0.2, 0) is 122 Å². The van der Waals surface area contributed by atoms with Crippen molar-refractivity contribution < 1.29 is 160 Å². The Bertz CT molecular complexity index is 4770. The number of likely N-dealkylation sites (N-methyl/N-ethyl adjacent to an activating group) is 1. The van der Waals surface area contributed by atoms with E-state index in [0.29, 0.717) is 76.0 Å². The molecule has 2 amide bonds. The topological polar surface area (TPSA) is 578 Å². The molecule has 0 radical (unpaired) electrons. The van der Waals surface area contributed by atoms with E-state index in [1.54, 1.807) is 16.9 Å². The highest BCUT2D eigenvalue weighted by atomic mass is 33.1. The summed E-state index contributed by atoms with van der Waals surface area (Å²) in [5.41, 5.74) is 2.88. The average Bonchev–Trinajstić information content (AvgIpc) is 1.47. The Labute approximate surface area is 862 Å². The molecule has 2 bridgehead atoms. The van der Waals surface area contributed by atoms with Gasteiger partial charge in [0, 0.05) is 143 Å². The minimum Gasteiger partial charge on any atom is -0.481 e. The number of amides is 2. The highest BCUT2D eigenvalue weighted by molar-refractivity contribution is 8.77. The number of aromatic amines is 1. The van der Waals surface area contributed by atoms with Crippen LogP contribution in [0, 0.1) is 28.4 Å². The number of aliphatic carboxylic acids is 1. The van der Waals surface area contributed by atoms with Crippen molar-refractivity contribution >= 4 is 97.6 Å². The van der Waals surface area contributed by atoms with Crippen LogP contribution in [0.2, 0.25) is 0 Å². The van der Waals surface area contributed by atoms with Gasteiger partial charge in [-0.25, -0.2) is 14.6 Å². The van der Waals surface area contributed by atoms with Crippen molar-refractivity contribution in [2.45, 2.75) is 317 Å². The summed E-state index contributed by atoms with van der Waals surface area (Å²) < 4.78 is 66.6. The maximum absolute atomic E-state index is 15.2. The largest absolute Gasteiger partial charge is 0.508 e. The van der Waals surface area contributed by atoms with E-state index in [2.05, 4.69) is 125 Å². The van der Waals surface area contributed by atoms with Crippen LogP contribution in [-0.4, -0.2) is 355 Å². The first-order valence-corrected chi connectivity index (χ1v) is 52.3. The number of aliphatic hydroxyl groups is 8. The smallest absolute Gasteiger partial charge is 0.481 e. The SMILES string of the molecule is CCC(CO)OC(CO)OC.CCC(CO)OC(COC(=O)CCC(=O)O)OC.CCC(CO)OC(COC(=O)CCCC(=O)NC(C)C(=O)OCCCCC(=O)[C@]1(O)C2N(C)c3cc(C)c([C@@]4(C)CC5CN(CCc6c4[nH]c4ccccc64)CC(O)(CC)C5)cc3C23CCN2CC=C[C@](CC)(C23)[C@H]1O)OC.CCC(COC(=O)OCCC(=O)NCCCC(C)(C)SSc1ccc([N+](=O)[O-])cn1)OC(CO)OC.O=C=O. The Kier molecular flexibility index (Phi) is 53.5. The van der Waals surface area contributed by atoms with Gasteiger partial charge in [-0.2, -0.15) is 9.59 Å². The predicted octanol–water partition coefficient (Wildman–Crippen LogP) is 8.67. The van der Waals surface area contributed by atoms with Gasteiger partial charge in [0.05, 0.1) is 99.9 Å². The fourth-order valence-corrected chi connectivity index (χ4v) is 22.2. The van der Waals surface area contributed by atoms with Gasteiger partial charge in [0.25, 0.3) is 5.69 Å². The van der Waals surface area contributed by atoms with Crippen LogP contribution >= 0.6 is 21.6 Å². The molecule has 2 aromatic heterocycles. The second-order valence-electron chi connectivity index (χ2n) is 38.1. The quantitative estimate of drug-likeness (QED) is 0.00287. The normalized spacial score (nSPS) is 23.4. The van der Waals surface area contributed by atoms with E-state index in [1.807, 2.05) is 34.7 Å². The Morgan fingerprint density at radius 2 is 1.28 bits per heavy atom. The molecule has 822 valence electrons. The first-order valence-electron chi connectivity index (χ1n) is 50.2. The van der Waals surface area contributed by atoms with Gasteiger partial charge in [0.2, 0.25) is 11.8 Å². The van der Waals surface area contributed by atoms with Crippen molar-refractivity contribution in [3.63, 3.8) is 0 Å². The van der Waals surface area contributed by atoms with E-state index in [0.717, 1.165) is 74.1 Å². The molecular formula is C102H158N8O34S2. The first kappa shape index (κ1) is 126. The summed E-state index contributed by atoms with van der Waals surface area (Å²) >= 11 is 0. The molecule has 1 spiro atoms. The number of Topliss-reactive ketones (excluding diaryl/α,β-unsaturated/α-hetero) is 1. The van der Waals surface area contributed by atoms with Crippen LogP contribution in [0.25, 0.3) is 10.9 Å². The standard InChI is InChI=1S/C61H87N5O12.C22H35N3O9S2.C11H20O7.C7H16O4.CO2/c1-9-41(35-67)78-51(75-8)36-77-50(70)22-16-21-49(69)62-39(5)53(71)76-29-15-14-20-48(68)61(74)55-60(25-28-66-26-17-24-59(11-3,54(60)66)56(61)72)45-31-44(38(4)30-47(45)64(55)7)57(6)32-40-33-58(73,10-2)37-65(34-40)27-23-43-42-18-12-13-19-46(42)63-52(43)57;1-5-17(34-20(14-26)31-4)15-33-21(28)32-12-9-18(27)23-11-6-10-22(2,3)36-35-19-8-7-16(13-24-19)25(29)30;1-3-8(6-12)18-11(16-2)7-17-10(15)5-4-9(13)14;1-3-6(4-8)11-7(5-9)10-2;2-1-3/h12-13,17-19,24,30-31,39-41,51,54-56,63,67,72-74H,9-11,14-16,20-23,25-29,32-37H2,1-8H3,(H,62,69);7-8,13,17,20,26H,5-6,9-12,14-15H2,1-4H3,(H,23,27);8,11-12H,3-7H2,1-2H3,(H,13,14);6-9H,3-5H2,1-2H3;/t39?,40?,41?,51?,54?,55?,56-,57-,58?,59-,60?,61+;;;;/m1..../s1. The number of aromatic nitrogens is 2. The number of carboxylic acid groups (broad SMARTS) is 1. The summed E-state index contributed by atoms with van der Waals surface area (Å²) in [5.74, 6) is -3.75. The molecule has 15 unspecified atom stereocenters. The number of anilines is 1. The van der Waals surface area contributed by atoms with E-state index >= 15 is 4.79 Å². The Hall–Kier alpha value is -8.81. The lowest BCUT2D eigenvalue weighted by Gasteiger charge is -2.63. The number of hydrogen-bond donors (Lipinski definition) is 12. The first-order chi connectivity index (χ1) is 69.6. The number of benzene rings is 2. The van der Waals surface area contributed by atoms with Crippen molar-refractivity contribution in [1.29, 1.82) is 0 Å². The second kappa shape index (κ2) is 62.1. The number of para-hydroxylation sites is 1. The zero-order chi connectivity index (χ0) is 108. The number of piperidine rings is 1. The van der Waals surface area contributed by atoms with Gasteiger partial charge in [-0.15, -0.1) is 0 Å². The number of ether oxygens (including phenoxy) is 13. The molecule has 1 aliphatic carbocycles. The highest BCUT2D eigenvalue weighted by Crippen LogP contribution is 2.68. The monoisotopic (exact) mass is 2100 g/mol. The fraction of sp³-hybridized carbons (Fsp3) is 0.706. The third-order valence-corrected chi connectivity index (χ3v) is 30.9. The number of carboxylic acids is 1. The summed E-state index contributed by atoms with van der Waals surface area (Å²) in [4.78, 5) is 140. The number of H-pyrrole nitrogens is 1. The molecule has 19 atom stereocenters. The van der Waals surface area contributed by atoms with Crippen LogP contribution in [0.5, 0.6) is 0 Å². The molecule has 2 saturated heterocycles. The number of unbranched alkanes of at least 4 members (excludes halogenated alkanes) is 1. The van der Waals surface area contributed by atoms with Gasteiger partial charge < -0.3 is 128 Å².